The van der Waals surface area contributed by atoms with Crippen molar-refractivity contribution >= 4 is 5.69 Å². The highest BCUT2D eigenvalue weighted by Gasteiger charge is 2.13. The summed E-state index contributed by atoms with van der Waals surface area (Å²) in [5, 5.41) is 0. The van der Waals surface area contributed by atoms with Crippen LogP contribution in [0.5, 0.6) is 11.5 Å². The van der Waals surface area contributed by atoms with Gasteiger partial charge in [0.25, 0.3) is 0 Å². The molecule has 1 heterocycles. The number of ether oxygens (including phenoxy) is 2. The van der Waals surface area contributed by atoms with E-state index < -0.39 is 0 Å². The van der Waals surface area contributed by atoms with Crippen molar-refractivity contribution in [2.24, 2.45) is 12.0 Å². The molecule has 3 aromatic rings. The summed E-state index contributed by atoms with van der Waals surface area (Å²) in [7, 11) is 4.96. The normalized spacial score (nSPS) is 11.6. The fourth-order valence-electron chi connectivity index (χ4n) is 3.79. The average Bonchev–Trinajstić information content (AvgIpc) is 2.72. The molecule has 0 aliphatic rings. The third-order valence-electron chi connectivity index (χ3n) is 5.28. The molecule has 0 aliphatic carbocycles. The zero-order valence-corrected chi connectivity index (χ0v) is 18.7. The second-order valence-corrected chi connectivity index (χ2v) is 7.40. The summed E-state index contributed by atoms with van der Waals surface area (Å²) in [4.78, 5) is 18.0. The van der Waals surface area contributed by atoms with Gasteiger partial charge in [-0.05, 0) is 57.0 Å². The first-order chi connectivity index (χ1) is 14.3. The second-order valence-electron chi connectivity index (χ2n) is 7.40. The van der Waals surface area contributed by atoms with Gasteiger partial charge in [0, 0.05) is 25.2 Å². The molecule has 0 aliphatic heterocycles. The highest BCUT2D eigenvalue weighted by Crippen LogP contribution is 2.31. The standard InChI is InChI=1S/C24H29N3O3/c1-8-27-19(18-9-10-20(29-6)21(13-18)30-7)14-22(26(5)24(27)28)25-23-16(3)11-15(2)12-17(23)4/h9-14H,8H2,1-7H3/b25-22-. The quantitative estimate of drug-likeness (QED) is 0.641. The minimum Gasteiger partial charge on any atom is -0.493 e. The molecule has 1 aromatic heterocycles. The Kier molecular flexibility index (Phi) is 6.15. The Hall–Kier alpha value is -3.28. The maximum atomic E-state index is 13.1. The van der Waals surface area contributed by atoms with Crippen LogP contribution in [-0.2, 0) is 13.6 Å². The van der Waals surface area contributed by atoms with Crippen LogP contribution in [0.25, 0.3) is 11.3 Å². The molecule has 158 valence electrons. The Morgan fingerprint density at radius 2 is 1.57 bits per heavy atom. The molecule has 0 unspecified atom stereocenters. The van der Waals surface area contributed by atoms with Gasteiger partial charge in [-0.3, -0.25) is 9.13 Å². The average molecular weight is 408 g/mol. The zero-order valence-electron chi connectivity index (χ0n) is 18.7. The van der Waals surface area contributed by atoms with Crippen molar-refractivity contribution in [2.45, 2.75) is 34.2 Å². The van der Waals surface area contributed by atoms with E-state index in [-0.39, 0.29) is 5.69 Å². The predicted octanol–water partition coefficient (Wildman–Crippen LogP) is 4.05. The molecule has 0 N–H and O–H groups in total. The third kappa shape index (κ3) is 3.90. The molecule has 0 saturated heterocycles. The van der Waals surface area contributed by atoms with E-state index in [2.05, 4.69) is 19.1 Å². The van der Waals surface area contributed by atoms with Gasteiger partial charge in [-0.2, -0.15) is 0 Å². The fraction of sp³-hybridized carbons (Fsp3) is 0.333. The van der Waals surface area contributed by atoms with E-state index in [0.29, 0.717) is 23.5 Å². The van der Waals surface area contributed by atoms with Crippen LogP contribution in [0.2, 0.25) is 0 Å². The third-order valence-corrected chi connectivity index (χ3v) is 5.28. The Bertz CT molecular complexity index is 1200. The van der Waals surface area contributed by atoms with Crippen molar-refractivity contribution in [1.29, 1.82) is 0 Å². The van der Waals surface area contributed by atoms with Crippen molar-refractivity contribution in [3.63, 3.8) is 0 Å². The summed E-state index contributed by atoms with van der Waals surface area (Å²) in [6, 6.07) is 11.8. The van der Waals surface area contributed by atoms with Crippen LogP contribution in [0, 0.1) is 20.8 Å². The SMILES string of the molecule is CCn1c(-c2ccc(OC)c(OC)c2)c/c(=N/c2c(C)cc(C)cc2C)n(C)c1=O. The number of hydrogen-bond donors (Lipinski definition) is 0. The molecule has 0 saturated carbocycles. The molecule has 6 heteroatoms. The van der Waals surface area contributed by atoms with E-state index in [4.69, 9.17) is 14.5 Å². The van der Waals surface area contributed by atoms with Crippen molar-refractivity contribution in [3.8, 4) is 22.8 Å². The van der Waals surface area contributed by atoms with Crippen molar-refractivity contribution in [2.75, 3.05) is 14.2 Å². The molecule has 0 fully saturated rings. The second kappa shape index (κ2) is 8.61. The fourth-order valence-corrected chi connectivity index (χ4v) is 3.79. The van der Waals surface area contributed by atoms with Crippen LogP contribution in [0.4, 0.5) is 5.69 Å². The van der Waals surface area contributed by atoms with Gasteiger partial charge in [-0.25, -0.2) is 9.79 Å². The lowest BCUT2D eigenvalue weighted by molar-refractivity contribution is 0.355. The van der Waals surface area contributed by atoms with Gasteiger partial charge in [-0.1, -0.05) is 17.7 Å². The maximum Gasteiger partial charge on any atom is 0.329 e. The van der Waals surface area contributed by atoms with E-state index in [1.54, 1.807) is 30.4 Å². The number of nitrogens with zero attached hydrogens (tertiary/aromatic N) is 3. The van der Waals surface area contributed by atoms with Crippen molar-refractivity contribution in [3.05, 3.63) is 69.1 Å². The van der Waals surface area contributed by atoms with Crippen LogP contribution in [0.3, 0.4) is 0 Å². The van der Waals surface area contributed by atoms with Crippen LogP contribution in [0.15, 0.2) is 46.2 Å². The summed E-state index contributed by atoms with van der Waals surface area (Å²) in [6.45, 7) is 8.65. The molecule has 0 amide bonds. The molecule has 0 atom stereocenters. The topological polar surface area (TPSA) is 57.8 Å². The van der Waals surface area contributed by atoms with Crippen molar-refractivity contribution < 1.29 is 9.47 Å². The largest absolute Gasteiger partial charge is 0.493 e. The Morgan fingerprint density at radius 3 is 2.13 bits per heavy atom. The Morgan fingerprint density at radius 1 is 0.933 bits per heavy atom. The van der Waals surface area contributed by atoms with Crippen LogP contribution >= 0.6 is 0 Å². The highest BCUT2D eigenvalue weighted by atomic mass is 16.5. The first-order valence-electron chi connectivity index (χ1n) is 9.96. The van der Waals surface area contributed by atoms with Gasteiger partial charge >= 0.3 is 5.69 Å². The van der Waals surface area contributed by atoms with Gasteiger partial charge in [0.05, 0.1) is 25.6 Å². The lowest BCUT2D eigenvalue weighted by Crippen LogP contribution is -2.38. The van der Waals surface area contributed by atoms with Gasteiger partial charge in [-0.15, -0.1) is 0 Å². The van der Waals surface area contributed by atoms with Gasteiger partial charge < -0.3 is 9.47 Å². The minimum atomic E-state index is -0.119. The van der Waals surface area contributed by atoms with Gasteiger partial charge in [0.2, 0.25) is 0 Å². The molecular weight excluding hydrogens is 378 g/mol. The van der Waals surface area contributed by atoms with E-state index in [1.807, 2.05) is 45.0 Å². The summed E-state index contributed by atoms with van der Waals surface area (Å²) >= 11 is 0. The summed E-state index contributed by atoms with van der Waals surface area (Å²) < 4.78 is 14.1. The first-order valence-corrected chi connectivity index (χ1v) is 9.96. The Balaban J connectivity index is 2.32. The first kappa shape index (κ1) is 21.4. The zero-order chi connectivity index (χ0) is 22.0. The number of methoxy groups -OCH3 is 2. The van der Waals surface area contributed by atoms with E-state index in [9.17, 15) is 4.79 Å². The summed E-state index contributed by atoms with van der Waals surface area (Å²) in [5.41, 5.74) is 6.38. The van der Waals surface area contributed by atoms with Gasteiger partial charge in [0.1, 0.15) is 5.49 Å². The summed E-state index contributed by atoms with van der Waals surface area (Å²) in [5.74, 6) is 1.26. The van der Waals surface area contributed by atoms with Crippen molar-refractivity contribution in [1.82, 2.24) is 9.13 Å². The van der Waals surface area contributed by atoms with Gasteiger partial charge in [0.15, 0.2) is 11.5 Å². The van der Waals surface area contributed by atoms with Crippen LogP contribution in [0.1, 0.15) is 23.6 Å². The molecule has 0 spiro atoms. The molecule has 30 heavy (non-hydrogen) atoms. The van der Waals surface area contributed by atoms with Crippen LogP contribution < -0.4 is 20.7 Å². The van der Waals surface area contributed by atoms with E-state index >= 15 is 0 Å². The summed E-state index contributed by atoms with van der Waals surface area (Å²) in [6.07, 6.45) is 0. The molecule has 6 nitrogen and oxygen atoms in total. The molecule has 3 rings (SSSR count). The monoisotopic (exact) mass is 407 g/mol. The molecular formula is C24H29N3O3. The number of aryl methyl sites for hydroxylation is 3. The number of rotatable bonds is 5. The minimum absolute atomic E-state index is 0.119. The Labute approximate surface area is 177 Å². The highest BCUT2D eigenvalue weighted by molar-refractivity contribution is 5.64. The lowest BCUT2D eigenvalue weighted by atomic mass is 10.1. The van der Waals surface area contributed by atoms with E-state index in [0.717, 1.165) is 28.1 Å². The number of aromatic nitrogens is 2. The maximum absolute atomic E-state index is 13.1. The molecule has 2 aromatic carbocycles. The number of benzene rings is 2. The molecule has 0 radical (unpaired) electrons. The van der Waals surface area contributed by atoms with E-state index in [1.165, 1.54) is 5.56 Å². The smallest absolute Gasteiger partial charge is 0.329 e. The predicted molar refractivity (Wildman–Crippen MR) is 120 cm³/mol. The van der Waals surface area contributed by atoms with Crippen LogP contribution in [-0.4, -0.2) is 23.4 Å². The lowest BCUT2D eigenvalue weighted by Gasteiger charge is -2.16. The molecule has 0 bridgehead atoms. The number of hydrogen-bond acceptors (Lipinski definition) is 4.